The second-order valence-corrected chi connectivity index (χ2v) is 4.50. The molecule has 1 aromatic carbocycles. The number of benzene rings is 1. The third-order valence-corrected chi connectivity index (χ3v) is 3.26. The van der Waals surface area contributed by atoms with Gasteiger partial charge < -0.3 is 10.6 Å². The van der Waals surface area contributed by atoms with Crippen molar-refractivity contribution in [2.45, 2.75) is 19.3 Å². The second-order valence-electron chi connectivity index (χ2n) is 4.50. The molecule has 1 aliphatic rings. The summed E-state index contributed by atoms with van der Waals surface area (Å²) in [6, 6.07) is 6.54. The van der Waals surface area contributed by atoms with E-state index in [1.54, 1.807) is 12.4 Å². The minimum Gasteiger partial charge on any atom is -0.372 e. The number of nitrogens with zero attached hydrogens (tertiary/aromatic N) is 2. The number of hydrogen-bond donors (Lipinski definition) is 2. The first-order chi connectivity index (χ1) is 8.85. The van der Waals surface area contributed by atoms with E-state index >= 15 is 0 Å². The first-order valence-electron chi connectivity index (χ1n) is 6.24. The average molecular weight is 240 g/mol. The highest BCUT2D eigenvalue weighted by molar-refractivity contribution is 5.59. The van der Waals surface area contributed by atoms with Crippen LogP contribution in [0.1, 0.15) is 17.5 Å². The van der Waals surface area contributed by atoms with Crippen LogP contribution in [-0.4, -0.2) is 17.0 Å². The molecule has 0 saturated heterocycles. The van der Waals surface area contributed by atoms with Gasteiger partial charge in [-0.15, -0.1) is 0 Å². The van der Waals surface area contributed by atoms with Crippen LogP contribution in [-0.2, 0) is 12.8 Å². The van der Waals surface area contributed by atoms with E-state index in [9.17, 15) is 0 Å². The largest absolute Gasteiger partial charge is 0.372 e. The predicted octanol–water partition coefficient (Wildman–Crippen LogP) is 2.75. The molecule has 0 fully saturated rings. The van der Waals surface area contributed by atoms with E-state index in [2.05, 4.69) is 38.8 Å². The molecule has 0 atom stereocenters. The molecule has 92 valence electrons. The maximum atomic E-state index is 4.40. The molecule has 0 unspecified atom stereocenters. The Morgan fingerprint density at radius 1 is 1.06 bits per heavy atom. The van der Waals surface area contributed by atoms with Crippen LogP contribution in [0.2, 0.25) is 0 Å². The van der Waals surface area contributed by atoms with Gasteiger partial charge in [0.1, 0.15) is 5.82 Å². The zero-order valence-electron chi connectivity index (χ0n) is 10.4. The number of rotatable bonds is 3. The lowest BCUT2D eigenvalue weighted by Crippen LogP contribution is -1.99. The van der Waals surface area contributed by atoms with E-state index in [0.29, 0.717) is 0 Å². The van der Waals surface area contributed by atoms with Gasteiger partial charge in [-0.05, 0) is 42.5 Å². The fraction of sp³-hybridized carbons (Fsp3) is 0.286. The third-order valence-electron chi connectivity index (χ3n) is 3.26. The van der Waals surface area contributed by atoms with E-state index < -0.39 is 0 Å². The van der Waals surface area contributed by atoms with Gasteiger partial charge in [-0.25, -0.2) is 4.98 Å². The monoisotopic (exact) mass is 240 g/mol. The highest BCUT2D eigenvalue weighted by Gasteiger charge is 2.10. The maximum absolute atomic E-state index is 4.40. The number of aromatic nitrogens is 2. The molecular weight excluding hydrogens is 224 g/mol. The first-order valence-corrected chi connectivity index (χ1v) is 6.24. The zero-order valence-corrected chi connectivity index (χ0v) is 10.4. The van der Waals surface area contributed by atoms with Gasteiger partial charge in [0, 0.05) is 12.7 Å². The molecule has 2 aromatic rings. The molecule has 0 saturated carbocycles. The summed E-state index contributed by atoms with van der Waals surface area (Å²) in [5.74, 6) is 1.53. The van der Waals surface area contributed by atoms with E-state index in [0.717, 1.165) is 17.3 Å². The van der Waals surface area contributed by atoms with Gasteiger partial charge in [-0.3, -0.25) is 4.98 Å². The Bertz CT molecular complexity index is 565. The van der Waals surface area contributed by atoms with E-state index in [1.807, 2.05) is 7.05 Å². The molecule has 1 aliphatic carbocycles. The van der Waals surface area contributed by atoms with Crippen LogP contribution in [0, 0.1) is 0 Å². The molecule has 1 aromatic heterocycles. The van der Waals surface area contributed by atoms with Gasteiger partial charge in [-0.2, -0.15) is 0 Å². The fourth-order valence-corrected chi connectivity index (χ4v) is 2.34. The Kier molecular flexibility index (Phi) is 2.84. The Labute approximate surface area is 106 Å². The molecule has 0 radical (unpaired) electrons. The molecule has 2 N–H and O–H groups in total. The lowest BCUT2D eigenvalue weighted by molar-refractivity contribution is 0.912. The van der Waals surface area contributed by atoms with Crippen LogP contribution in [0.25, 0.3) is 0 Å². The molecule has 3 rings (SSSR count). The standard InChI is InChI=1S/C14H16N4/c1-15-13-8-16-9-14(18-13)17-12-6-5-10-3-2-4-11(10)7-12/h5-9H,2-4H2,1H3,(H2,15,17,18). The van der Waals surface area contributed by atoms with E-state index in [1.165, 1.54) is 30.4 Å². The molecule has 0 bridgehead atoms. The molecule has 0 aliphatic heterocycles. The summed E-state index contributed by atoms with van der Waals surface area (Å²) >= 11 is 0. The fourth-order valence-electron chi connectivity index (χ4n) is 2.34. The normalized spacial score (nSPS) is 13.2. The number of fused-ring (bicyclic) bond motifs is 1. The summed E-state index contributed by atoms with van der Waals surface area (Å²) in [4.78, 5) is 8.53. The molecule has 18 heavy (non-hydrogen) atoms. The average Bonchev–Trinajstić information content (AvgIpc) is 2.86. The smallest absolute Gasteiger partial charge is 0.151 e. The Morgan fingerprint density at radius 3 is 2.78 bits per heavy atom. The Hall–Kier alpha value is -2.10. The SMILES string of the molecule is CNc1cncc(Nc2ccc3c(c2)CCC3)n1. The topological polar surface area (TPSA) is 49.8 Å². The molecular formula is C14H16N4. The number of nitrogens with one attached hydrogen (secondary N) is 2. The second kappa shape index (κ2) is 4.64. The van der Waals surface area contributed by atoms with Crippen molar-refractivity contribution >= 4 is 17.3 Å². The third kappa shape index (κ3) is 2.14. The van der Waals surface area contributed by atoms with Crippen LogP contribution < -0.4 is 10.6 Å². The van der Waals surface area contributed by atoms with Gasteiger partial charge >= 0.3 is 0 Å². The summed E-state index contributed by atoms with van der Waals surface area (Å²) in [5, 5.41) is 6.28. The zero-order chi connectivity index (χ0) is 12.4. The van der Waals surface area contributed by atoms with Gasteiger partial charge in [0.25, 0.3) is 0 Å². The highest BCUT2D eigenvalue weighted by atomic mass is 15.1. The predicted molar refractivity (Wildman–Crippen MR) is 73.3 cm³/mol. The van der Waals surface area contributed by atoms with E-state index in [-0.39, 0.29) is 0 Å². The van der Waals surface area contributed by atoms with Crippen LogP contribution >= 0.6 is 0 Å². The van der Waals surface area contributed by atoms with Crippen LogP contribution in [0.4, 0.5) is 17.3 Å². The summed E-state index contributed by atoms with van der Waals surface area (Å²) < 4.78 is 0. The van der Waals surface area contributed by atoms with Crippen molar-refractivity contribution in [2.75, 3.05) is 17.7 Å². The van der Waals surface area contributed by atoms with Crippen molar-refractivity contribution in [2.24, 2.45) is 0 Å². The minimum atomic E-state index is 0.764. The van der Waals surface area contributed by atoms with Crippen molar-refractivity contribution < 1.29 is 0 Å². The van der Waals surface area contributed by atoms with Crippen LogP contribution in [0.15, 0.2) is 30.6 Å². The van der Waals surface area contributed by atoms with Crippen molar-refractivity contribution in [3.63, 3.8) is 0 Å². The van der Waals surface area contributed by atoms with Crippen molar-refractivity contribution in [3.8, 4) is 0 Å². The molecule has 0 amide bonds. The van der Waals surface area contributed by atoms with E-state index in [4.69, 9.17) is 0 Å². The summed E-state index contributed by atoms with van der Waals surface area (Å²) in [5.41, 5.74) is 4.02. The highest BCUT2D eigenvalue weighted by Crippen LogP contribution is 2.26. The van der Waals surface area contributed by atoms with Crippen LogP contribution in [0.3, 0.4) is 0 Å². The van der Waals surface area contributed by atoms with Crippen molar-refractivity contribution in [1.29, 1.82) is 0 Å². The van der Waals surface area contributed by atoms with Gasteiger partial charge in [0.2, 0.25) is 0 Å². The van der Waals surface area contributed by atoms with Crippen molar-refractivity contribution in [3.05, 3.63) is 41.7 Å². The first kappa shape index (κ1) is 11.0. The van der Waals surface area contributed by atoms with Gasteiger partial charge in [0.05, 0.1) is 12.4 Å². The van der Waals surface area contributed by atoms with Crippen molar-refractivity contribution in [1.82, 2.24) is 9.97 Å². The van der Waals surface area contributed by atoms with Gasteiger partial charge in [0.15, 0.2) is 5.82 Å². The summed E-state index contributed by atoms with van der Waals surface area (Å²) in [6.45, 7) is 0. The van der Waals surface area contributed by atoms with Gasteiger partial charge in [-0.1, -0.05) is 6.07 Å². The van der Waals surface area contributed by atoms with Crippen LogP contribution in [0.5, 0.6) is 0 Å². The molecule has 4 nitrogen and oxygen atoms in total. The number of anilines is 3. The molecule has 4 heteroatoms. The lowest BCUT2D eigenvalue weighted by Gasteiger charge is -2.08. The summed E-state index contributed by atoms with van der Waals surface area (Å²) in [6.07, 6.45) is 7.10. The Morgan fingerprint density at radius 2 is 1.89 bits per heavy atom. The molecule has 1 heterocycles. The lowest BCUT2D eigenvalue weighted by atomic mass is 10.1. The number of aryl methyl sites for hydroxylation is 2. The Balaban J connectivity index is 1.83. The molecule has 0 spiro atoms. The quantitative estimate of drug-likeness (QED) is 0.866. The summed E-state index contributed by atoms with van der Waals surface area (Å²) in [7, 11) is 1.84. The number of hydrogen-bond acceptors (Lipinski definition) is 4. The maximum Gasteiger partial charge on any atom is 0.151 e. The minimum absolute atomic E-state index is 0.764.